The number of thiophene rings is 2. The van der Waals surface area contributed by atoms with Crippen molar-refractivity contribution in [2.24, 2.45) is 0 Å². The quantitative estimate of drug-likeness (QED) is 0.201. The fourth-order valence-corrected chi connectivity index (χ4v) is 9.20. The summed E-state index contributed by atoms with van der Waals surface area (Å²) >= 11 is 3.69. The van der Waals surface area contributed by atoms with Gasteiger partial charge in [0.25, 0.3) is 0 Å². The zero-order valence-corrected chi connectivity index (χ0v) is 25.1. The van der Waals surface area contributed by atoms with Gasteiger partial charge in [0.2, 0.25) is 0 Å². The van der Waals surface area contributed by atoms with E-state index in [9.17, 15) is 0 Å². The van der Waals surface area contributed by atoms with Crippen LogP contribution in [0.5, 0.6) is 0 Å². The fourth-order valence-electron chi connectivity index (χ4n) is 6.93. The lowest BCUT2D eigenvalue weighted by atomic mass is 10.0. The van der Waals surface area contributed by atoms with Crippen LogP contribution in [-0.4, -0.2) is 0 Å². The van der Waals surface area contributed by atoms with Crippen LogP contribution >= 0.6 is 22.7 Å². The van der Waals surface area contributed by atoms with E-state index in [-0.39, 0.29) is 0 Å². The van der Waals surface area contributed by atoms with Gasteiger partial charge in [-0.1, -0.05) is 78.9 Å². The molecule has 4 heteroatoms. The minimum absolute atomic E-state index is 0.929. The van der Waals surface area contributed by atoms with Gasteiger partial charge in [0.1, 0.15) is 11.2 Å². The topological polar surface area (TPSA) is 16.4 Å². The van der Waals surface area contributed by atoms with Crippen molar-refractivity contribution in [2.75, 3.05) is 4.90 Å². The molecule has 0 aliphatic rings. The zero-order valence-electron chi connectivity index (χ0n) is 23.5. The van der Waals surface area contributed by atoms with Crippen molar-refractivity contribution in [3.63, 3.8) is 0 Å². The van der Waals surface area contributed by atoms with Gasteiger partial charge in [-0.15, -0.1) is 22.7 Å². The van der Waals surface area contributed by atoms with Crippen molar-refractivity contribution < 1.29 is 4.42 Å². The molecule has 0 aliphatic carbocycles. The summed E-state index contributed by atoms with van der Waals surface area (Å²) in [6, 6.07) is 50.4. The van der Waals surface area contributed by atoms with E-state index in [1.165, 1.54) is 56.5 Å². The molecule has 2 nitrogen and oxygen atoms in total. The molecule has 10 rings (SSSR count). The van der Waals surface area contributed by atoms with E-state index in [0.717, 1.165) is 33.6 Å². The molecular formula is C40H23NOS2. The molecule has 0 unspecified atom stereocenters. The molecule has 206 valence electrons. The van der Waals surface area contributed by atoms with Gasteiger partial charge in [0.05, 0.1) is 5.69 Å². The van der Waals surface area contributed by atoms with Crippen LogP contribution in [0.3, 0.4) is 0 Å². The van der Waals surface area contributed by atoms with Crippen molar-refractivity contribution in [3.8, 4) is 0 Å². The molecular weight excluding hydrogens is 575 g/mol. The highest BCUT2D eigenvalue weighted by molar-refractivity contribution is 7.26. The first-order valence-electron chi connectivity index (χ1n) is 14.8. The lowest BCUT2D eigenvalue weighted by molar-refractivity contribution is 0.673. The van der Waals surface area contributed by atoms with E-state index >= 15 is 0 Å². The van der Waals surface area contributed by atoms with Crippen molar-refractivity contribution in [2.45, 2.75) is 0 Å². The molecule has 0 atom stereocenters. The normalized spacial score (nSPS) is 12.1. The van der Waals surface area contributed by atoms with Crippen molar-refractivity contribution >= 4 is 113 Å². The summed E-state index contributed by atoms with van der Waals surface area (Å²) in [5.41, 5.74) is 5.31. The van der Waals surface area contributed by atoms with E-state index in [4.69, 9.17) is 4.42 Å². The third-order valence-electron chi connectivity index (χ3n) is 8.84. The van der Waals surface area contributed by atoms with Crippen molar-refractivity contribution in [1.29, 1.82) is 0 Å². The third-order valence-corrected chi connectivity index (χ3v) is 11.1. The van der Waals surface area contributed by atoms with Gasteiger partial charge in [-0.05, 0) is 71.4 Å². The molecule has 0 radical (unpaired) electrons. The molecule has 0 saturated carbocycles. The maximum Gasteiger partial charge on any atom is 0.144 e. The summed E-state index contributed by atoms with van der Waals surface area (Å²) in [7, 11) is 0. The molecule has 44 heavy (non-hydrogen) atoms. The largest absolute Gasteiger partial charge is 0.455 e. The van der Waals surface area contributed by atoms with E-state index in [0.29, 0.717) is 0 Å². The molecule has 3 aromatic heterocycles. The Labute approximate surface area is 260 Å². The lowest BCUT2D eigenvalue weighted by Crippen LogP contribution is -2.10. The van der Waals surface area contributed by atoms with Gasteiger partial charge in [-0.3, -0.25) is 0 Å². The Morgan fingerprint density at radius 3 is 2.09 bits per heavy atom. The third kappa shape index (κ3) is 3.41. The number of rotatable bonds is 3. The predicted molar refractivity (Wildman–Crippen MR) is 192 cm³/mol. The van der Waals surface area contributed by atoms with Crippen LogP contribution in [-0.2, 0) is 0 Å². The Kier molecular flexibility index (Phi) is 5.06. The summed E-state index contributed by atoms with van der Waals surface area (Å²) in [5, 5.41) is 9.83. The number of fused-ring (bicyclic) bond motifs is 12. The van der Waals surface area contributed by atoms with Gasteiger partial charge in [-0.25, -0.2) is 0 Å². The van der Waals surface area contributed by atoms with E-state index < -0.39 is 0 Å². The fraction of sp³-hybridized carbons (Fsp3) is 0. The Balaban J connectivity index is 1.30. The Morgan fingerprint density at radius 1 is 0.432 bits per heavy atom. The van der Waals surface area contributed by atoms with Crippen molar-refractivity contribution in [3.05, 3.63) is 140 Å². The first-order chi connectivity index (χ1) is 21.8. The molecule has 0 aliphatic heterocycles. The molecule has 0 amide bonds. The van der Waals surface area contributed by atoms with Crippen LogP contribution in [0, 0.1) is 0 Å². The maximum atomic E-state index is 6.77. The van der Waals surface area contributed by atoms with Gasteiger partial charge in [-0.2, -0.15) is 0 Å². The molecule has 10 aromatic rings. The molecule has 0 spiro atoms. The number of anilines is 3. The molecule has 3 heterocycles. The molecule has 0 bridgehead atoms. The van der Waals surface area contributed by atoms with Crippen molar-refractivity contribution in [1.82, 2.24) is 0 Å². The van der Waals surface area contributed by atoms with E-state index in [2.05, 4.69) is 144 Å². The minimum atomic E-state index is 0.929. The number of furan rings is 1. The van der Waals surface area contributed by atoms with Crippen LogP contribution < -0.4 is 4.90 Å². The summed E-state index contributed by atoms with van der Waals surface area (Å²) < 4.78 is 11.9. The standard InChI is InChI=1S/C40H23NOS2/c1-2-10-25(11-3-1)41(26-18-19-29-28-13-6-7-15-33(28)43-36(29)23-26)31-14-8-16-34-38(31)39-35(44-34)22-20-30-37-27-12-5-4-9-24(27)17-21-32(37)42-40(30)39/h1-23H. The lowest BCUT2D eigenvalue weighted by Gasteiger charge is -2.26. The van der Waals surface area contributed by atoms with Crippen LogP contribution in [0.2, 0.25) is 0 Å². The SMILES string of the molecule is c1ccc(N(c2ccc3c(c2)sc2ccccc23)c2cccc3sc4ccc5c(oc6ccc7ccccc7c65)c4c23)cc1. The van der Waals surface area contributed by atoms with E-state index in [1.807, 2.05) is 22.7 Å². The number of nitrogens with zero attached hydrogens (tertiary/aromatic N) is 1. The zero-order chi connectivity index (χ0) is 28.8. The summed E-state index contributed by atoms with van der Waals surface area (Å²) in [5.74, 6) is 0. The Bertz CT molecular complexity index is 2730. The average molecular weight is 598 g/mol. The summed E-state index contributed by atoms with van der Waals surface area (Å²) in [6.07, 6.45) is 0. The van der Waals surface area contributed by atoms with Crippen LogP contribution in [0.4, 0.5) is 17.1 Å². The van der Waals surface area contributed by atoms with Gasteiger partial charge in [0, 0.05) is 62.5 Å². The summed E-state index contributed by atoms with van der Waals surface area (Å²) in [6.45, 7) is 0. The number of hydrogen-bond donors (Lipinski definition) is 0. The second-order valence-electron chi connectivity index (χ2n) is 11.3. The van der Waals surface area contributed by atoms with Crippen LogP contribution in [0.25, 0.3) is 73.1 Å². The van der Waals surface area contributed by atoms with Gasteiger partial charge >= 0.3 is 0 Å². The predicted octanol–water partition coefficient (Wildman–Crippen LogP) is 12.9. The molecule has 7 aromatic carbocycles. The average Bonchev–Trinajstić information content (AvgIpc) is 3.76. The molecule has 0 fully saturated rings. The highest BCUT2D eigenvalue weighted by Crippen LogP contribution is 2.49. The number of benzene rings is 7. The Hall–Kier alpha value is -5.16. The monoisotopic (exact) mass is 597 g/mol. The molecule has 0 saturated heterocycles. The highest BCUT2D eigenvalue weighted by Gasteiger charge is 2.22. The second-order valence-corrected chi connectivity index (χ2v) is 13.4. The Morgan fingerprint density at radius 2 is 1.16 bits per heavy atom. The smallest absolute Gasteiger partial charge is 0.144 e. The minimum Gasteiger partial charge on any atom is -0.455 e. The first-order valence-corrected chi connectivity index (χ1v) is 16.4. The van der Waals surface area contributed by atoms with Crippen LogP contribution in [0.15, 0.2) is 144 Å². The number of para-hydroxylation sites is 1. The molecule has 0 N–H and O–H groups in total. The number of hydrogen-bond acceptors (Lipinski definition) is 4. The van der Waals surface area contributed by atoms with Gasteiger partial charge in [0.15, 0.2) is 0 Å². The first kappa shape index (κ1) is 24.3. The summed E-state index contributed by atoms with van der Waals surface area (Å²) in [4.78, 5) is 2.41. The highest BCUT2D eigenvalue weighted by atomic mass is 32.1. The van der Waals surface area contributed by atoms with E-state index in [1.54, 1.807) is 0 Å². The second kappa shape index (κ2) is 9.17. The maximum absolute atomic E-state index is 6.77. The van der Waals surface area contributed by atoms with Gasteiger partial charge < -0.3 is 9.32 Å². The van der Waals surface area contributed by atoms with Crippen LogP contribution in [0.1, 0.15) is 0 Å².